The molecule has 0 aliphatic carbocycles. The lowest BCUT2D eigenvalue weighted by Crippen LogP contribution is -2.44. The van der Waals surface area contributed by atoms with E-state index in [0.717, 1.165) is 24.8 Å². The first-order valence-electron chi connectivity index (χ1n) is 8.06. The first-order chi connectivity index (χ1) is 11.7. The molecule has 10 heteroatoms. The smallest absolute Gasteiger partial charge is 0.328 e. The third-order valence-electron chi connectivity index (χ3n) is 3.91. The SMILES string of the molecule is Cc1ccc(S(=O)(=O)NC(=O)NCCS(=O)(=O)N2CCCCC2)cc1. The molecule has 1 saturated heterocycles. The molecule has 0 radical (unpaired) electrons. The topological polar surface area (TPSA) is 113 Å². The second kappa shape index (κ2) is 8.15. The Labute approximate surface area is 148 Å². The van der Waals surface area contributed by atoms with Crippen molar-refractivity contribution in [1.29, 1.82) is 0 Å². The number of carbonyl (C=O) groups excluding carboxylic acids is 1. The fourth-order valence-corrected chi connectivity index (χ4v) is 4.86. The van der Waals surface area contributed by atoms with Gasteiger partial charge in [0.15, 0.2) is 0 Å². The van der Waals surface area contributed by atoms with E-state index >= 15 is 0 Å². The molecular formula is C15H23N3O5S2. The van der Waals surface area contributed by atoms with Gasteiger partial charge in [0.25, 0.3) is 10.0 Å². The fourth-order valence-electron chi connectivity index (χ4n) is 2.50. The Hall–Kier alpha value is -1.65. The number of nitrogens with zero attached hydrogens (tertiary/aromatic N) is 1. The Balaban J connectivity index is 1.85. The third-order valence-corrected chi connectivity index (χ3v) is 7.13. The summed E-state index contributed by atoms with van der Waals surface area (Å²) in [5, 5.41) is 2.28. The van der Waals surface area contributed by atoms with Gasteiger partial charge in [-0.25, -0.2) is 30.7 Å². The molecule has 0 unspecified atom stereocenters. The summed E-state index contributed by atoms with van der Waals surface area (Å²) in [7, 11) is -7.42. The van der Waals surface area contributed by atoms with Crippen LogP contribution < -0.4 is 10.0 Å². The number of carbonyl (C=O) groups is 1. The molecule has 2 amide bonds. The number of aryl methyl sites for hydroxylation is 1. The van der Waals surface area contributed by atoms with Gasteiger partial charge < -0.3 is 5.32 Å². The highest BCUT2D eigenvalue weighted by Gasteiger charge is 2.24. The molecule has 1 aromatic carbocycles. The number of piperidine rings is 1. The molecule has 1 aliphatic heterocycles. The number of nitrogens with one attached hydrogen (secondary N) is 2. The third kappa shape index (κ3) is 5.68. The number of hydrogen-bond donors (Lipinski definition) is 2. The van der Waals surface area contributed by atoms with Gasteiger partial charge in [0.05, 0.1) is 10.6 Å². The van der Waals surface area contributed by atoms with Crippen molar-refractivity contribution in [2.75, 3.05) is 25.4 Å². The standard InChI is InChI=1S/C15H23N3O5S2/c1-13-5-7-14(8-6-13)25(22,23)17-15(19)16-9-12-24(20,21)18-10-3-2-4-11-18/h5-8H,2-4,9-12H2,1H3,(H2,16,17,19). The van der Waals surface area contributed by atoms with E-state index in [-0.39, 0.29) is 17.2 Å². The highest BCUT2D eigenvalue weighted by atomic mass is 32.2. The summed E-state index contributed by atoms with van der Waals surface area (Å²) in [4.78, 5) is 11.7. The minimum Gasteiger partial charge on any atom is -0.336 e. The summed E-state index contributed by atoms with van der Waals surface area (Å²) in [5.74, 6) is -0.259. The Morgan fingerprint density at radius 2 is 1.64 bits per heavy atom. The molecule has 2 N–H and O–H groups in total. The van der Waals surface area contributed by atoms with Crippen LogP contribution in [0.1, 0.15) is 24.8 Å². The van der Waals surface area contributed by atoms with E-state index in [1.165, 1.54) is 16.4 Å². The van der Waals surface area contributed by atoms with Crippen LogP contribution in [0.2, 0.25) is 0 Å². The molecule has 0 atom stereocenters. The van der Waals surface area contributed by atoms with Crippen LogP contribution in [-0.2, 0) is 20.0 Å². The van der Waals surface area contributed by atoms with E-state index in [4.69, 9.17) is 0 Å². The monoisotopic (exact) mass is 389 g/mol. The zero-order valence-corrected chi connectivity index (χ0v) is 15.7. The maximum absolute atomic E-state index is 12.1. The average molecular weight is 389 g/mol. The molecule has 1 fully saturated rings. The number of benzene rings is 1. The molecule has 1 heterocycles. The van der Waals surface area contributed by atoms with Crippen LogP contribution >= 0.6 is 0 Å². The van der Waals surface area contributed by atoms with Gasteiger partial charge >= 0.3 is 6.03 Å². The number of hydrogen-bond acceptors (Lipinski definition) is 5. The molecule has 1 aliphatic rings. The molecule has 0 spiro atoms. The maximum atomic E-state index is 12.1. The van der Waals surface area contributed by atoms with Crippen LogP contribution in [0.4, 0.5) is 4.79 Å². The first kappa shape index (κ1) is 19.7. The summed E-state index contributed by atoms with van der Waals surface area (Å²) >= 11 is 0. The predicted molar refractivity (Wildman–Crippen MR) is 94.1 cm³/mol. The van der Waals surface area contributed by atoms with Crippen molar-refractivity contribution in [3.8, 4) is 0 Å². The van der Waals surface area contributed by atoms with Gasteiger partial charge in [-0.2, -0.15) is 0 Å². The molecule has 25 heavy (non-hydrogen) atoms. The van der Waals surface area contributed by atoms with Gasteiger partial charge in [-0.3, -0.25) is 0 Å². The van der Waals surface area contributed by atoms with E-state index < -0.39 is 26.1 Å². The highest BCUT2D eigenvalue weighted by Crippen LogP contribution is 2.13. The van der Waals surface area contributed by atoms with Gasteiger partial charge in [-0.1, -0.05) is 24.1 Å². The van der Waals surface area contributed by atoms with Crippen molar-refractivity contribution < 1.29 is 21.6 Å². The Kier molecular flexibility index (Phi) is 6.42. The quantitative estimate of drug-likeness (QED) is 0.747. The minimum atomic E-state index is -3.98. The zero-order valence-electron chi connectivity index (χ0n) is 14.1. The molecule has 140 valence electrons. The maximum Gasteiger partial charge on any atom is 0.328 e. The lowest BCUT2D eigenvalue weighted by Gasteiger charge is -2.25. The minimum absolute atomic E-state index is 0.0332. The van der Waals surface area contributed by atoms with E-state index in [9.17, 15) is 21.6 Å². The summed E-state index contributed by atoms with van der Waals surface area (Å²) in [6.45, 7) is 2.65. The number of rotatable bonds is 6. The zero-order chi connectivity index (χ0) is 18.5. The molecular weight excluding hydrogens is 366 g/mol. The summed E-state index contributed by atoms with van der Waals surface area (Å²) in [6, 6.07) is 5.08. The lowest BCUT2D eigenvalue weighted by atomic mass is 10.2. The van der Waals surface area contributed by atoms with Crippen LogP contribution in [0.5, 0.6) is 0 Å². The number of urea groups is 1. The second-order valence-corrected chi connectivity index (χ2v) is 9.72. The van der Waals surface area contributed by atoms with Crippen LogP contribution in [0.25, 0.3) is 0 Å². The molecule has 0 bridgehead atoms. The predicted octanol–water partition coefficient (Wildman–Crippen LogP) is 0.799. The molecule has 2 rings (SSSR count). The van der Waals surface area contributed by atoms with E-state index in [1.807, 2.05) is 11.6 Å². The van der Waals surface area contributed by atoms with Gasteiger partial charge in [0, 0.05) is 19.6 Å². The lowest BCUT2D eigenvalue weighted by molar-refractivity contribution is 0.246. The highest BCUT2D eigenvalue weighted by molar-refractivity contribution is 7.90. The van der Waals surface area contributed by atoms with Crippen molar-refractivity contribution in [2.24, 2.45) is 0 Å². The molecule has 8 nitrogen and oxygen atoms in total. The van der Waals surface area contributed by atoms with Crippen molar-refractivity contribution in [1.82, 2.24) is 14.3 Å². The van der Waals surface area contributed by atoms with E-state index in [1.54, 1.807) is 12.1 Å². The summed E-state index contributed by atoms with van der Waals surface area (Å²) < 4.78 is 51.7. The Bertz CT molecular complexity index is 798. The van der Waals surface area contributed by atoms with Crippen LogP contribution in [0, 0.1) is 6.92 Å². The normalized spacial score (nSPS) is 16.4. The van der Waals surface area contributed by atoms with Crippen molar-refractivity contribution in [3.05, 3.63) is 29.8 Å². The Morgan fingerprint density at radius 3 is 2.24 bits per heavy atom. The van der Waals surface area contributed by atoms with Crippen LogP contribution in [0.3, 0.4) is 0 Å². The molecule has 0 saturated carbocycles. The number of amides is 2. The summed E-state index contributed by atoms with van der Waals surface area (Å²) in [5.41, 5.74) is 0.895. The van der Waals surface area contributed by atoms with Crippen molar-refractivity contribution >= 4 is 26.1 Å². The number of sulfonamides is 2. The van der Waals surface area contributed by atoms with E-state index in [2.05, 4.69) is 5.32 Å². The molecule has 0 aromatic heterocycles. The van der Waals surface area contributed by atoms with Crippen molar-refractivity contribution in [3.63, 3.8) is 0 Å². The largest absolute Gasteiger partial charge is 0.336 e. The van der Waals surface area contributed by atoms with Crippen LogP contribution in [0.15, 0.2) is 29.2 Å². The fraction of sp³-hybridized carbons (Fsp3) is 0.533. The van der Waals surface area contributed by atoms with Gasteiger partial charge in [0.2, 0.25) is 10.0 Å². The van der Waals surface area contributed by atoms with Crippen LogP contribution in [-0.4, -0.2) is 52.6 Å². The van der Waals surface area contributed by atoms with Crippen molar-refractivity contribution in [2.45, 2.75) is 31.1 Å². The average Bonchev–Trinajstić information content (AvgIpc) is 2.55. The molecule has 1 aromatic rings. The Morgan fingerprint density at radius 1 is 1.04 bits per heavy atom. The van der Waals surface area contributed by atoms with Gasteiger partial charge in [-0.05, 0) is 31.9 Å². The first-order valence-corrected chi connectivity index (χ1v) is 11.1. The second-order valence-electron chi connectivity index (χ2n) is 5.95. The van der Waals surface area contributed by atoms with E-state index in [0.29, 0.717) is 13.1 Å². The van der Waals surface area contributed by atoms with Gasteiger partial charge in [-0.15, -0.1) is 0 Å². The summed E-state index contributed by atoms with van der Waals surface area (Å²) in [6.07, 6.45) is 2.69. The van der Waals surface area contributed by atoms with Gasteiger partial charge in [0.1, 0.15) is 0 Å².